The van der Waals surface area contributed by atoms with Crippen molar-refractivity contribution in [2.75, 3.05) is 13.6 Å². The second kappa shape index (κ2) is 6.39. The van der Waals surface area contributed by atoms with Crippen LogP contribution in [0.4, 0.5) is 0 Å². The first-order valence-electron chi connectivity index (χ1n) is 5.97. The molecule has 1 N–H and O–H groups in total. The third-order valence-electron chi connectivity index (χ3n) is 2.75. The van der Waals surface area contributed by atoms with E-state index < -0.39 is 0 Å². The van der Waals surface area contributed by atoms with Crippen molar-refractivity contribution >= 4 is 17.2 Å². The van der Waals surface area contributed by atoms with Crippen molar-refractivity contribution in [1.29, 1.82) is 0 Å². The predicted octanol–water partition coefficient (Wildman–Crippen LogP) is 3.99. The van der Waals surface area contributed by atoms with Gasteiger partial charge in [0, 0.05) is 11.6 Å². The third kappa shape index (κ3) is 3.22. The van der Waals surface area contributed by atoms with Crippen molar-refractivity contribution in [1.82, 2.24) is 5.32 Å². The van der Waals surface area contributed by atoms with Crippen LogP contribution in [0, 0.1) is 0 Å². The summed E-state index contributed by atoms with van der Waals surface area (Å²) < 4.78 is 0. The van der Waals surface area contributed by atoms with Gasteiger partial charge in [-0.25, -0.2) is 0 Å². The van der Waals surface area contributed by atoms with Crippen LogP contribution in [0.15, 0.2) is 60.7 Å². The molecule has 0 aliphatic carbocycles. The van der Waals surface area contributed by atoms with Gasteiger partial charge >= 0.3 is 0 Å². The van der Waals surface area contributed by atoms with Crippen LogP contribution in [0.1, 0.15) is 11.1 Å². The van der Waals surface area contributed by atoms with Crippen molar-refractivity contribution in [2.24, 2.45) is 0 Å². The minimum absolute atomic E-state index is 0.764. The maximum atomic E-state index is 5.93. The van der Waals surface area contributed by atoms with Crippen molar-refractivity contribution in [3.8, 4) is 0 Å². The molecular formula is C16H16ClN. The average Bonchev–Trinajstić information content (AvgIpc) is 2.42. The second-order valence-corrected chi connectivity index (χ2v) is 4.48. The van der Waals surface area contributed by atoms with Crippen molar-refractivity contribution in [3.05, 3.63) is 76.8 Å². The normalized spacial score (nSPS) is 11.6. The Balaban J connectivity index is 2.40. The molecule has 2 heteroatoms. The molecule has 0 unspecified atom stereocenters. The summed E-state index contributed by atoms with van der Waals surface area (Å²) in [4.78, 5) is 0. The molecule has 2 aromatic carbocycles. The molecule has 0 saturated heterocycles. The molecule has 2 rings (SSSR count). The number of halogens is 1. The van der Waals surface area contributed by atoms with Gasteiger partial charge in [0.25, 0.3) is 0 Å². The fourth-order valence-electron chi connectivity index (χ4n) is 1.85. The molecule has 0 fully saturated rings. The molecule has 0 spiro atoms. The molecule has 1 nitrogen and oxygen atoms in total. The lowest BCUT2D eigenvalue weighted by Crippen LogP contribution is -2.05. The Kier molecular flexibility index (Phi) is 4.57. The topological polar surface area (TPSA) is 12.0 Å². The minimum atomic E-state index is 0.764. The summed E-state index contributed by atoms with van der Waals surface area (Å²) >= 11 is 5.93. The van der Waals surface area contributed by atoms with Crippen molar-refractivity contribution in [2.45, 2.75) is 0 Å². The zero-order chi connectivity index (χ0) is 12.8. The van der Waals surface area contributed by atoms with Gasteiger partial charge in [0.2, 0.25) is 0 Å². The van der Waals surface area contributed by atoms with Crippen LogP contribution < -0.4 is 5.32 Å². The fourth-order valence-corrected chi connectivity index (χ4v) is 1.98. The molecule has 18 heavy (non-hydrogen) atoms. The number of hydrogen-bond acceptors (Lipinski definition) is 1. The maximum Gasteiger partial charge on any atom is 0.0406 e. The summed E-state index contributed by atoms with van der Waals surface area (Å²) in [5, 5.41) is 3.91. The molecule has 2 aromatic rings. The lowest BCUT2D eigenvalue weighted by Gasteiger charge is -2.09. The SMILES string of the molecule is CNCC=C(c1ccccc1)c1ccc(Cl)cc1. The van der Waals surface area contributed by atoms with Crippen LogP contribution in [-0.2, 0) is 0 Å². The summed E-state index contributed by atoms with van der Waals surface area (Å²) in [6.07, 6.45) is 2.19. The molecule has 0 saturated carbocycles. The maximum absolute atomic E-state index is 5.93. The fraction of sp³-hybridized carbons (Fsp3) is 0.125. The number of benzene rings is 2. The van der Waals surface area contributed by atoms with Crippen LogP contribution in [0.2, 0.25) is 5.02 Å². The summed E-state index contributed by atoms with van der Waals surface area (Å²) in [5.74, 6) is 0. The molecule has 0 radical (unpaired) electrons. The minimum Gasteiger partial charge on any atom is -0.316 e. The summed E-state index contributed by atoms with van der Waals surface area (Å²) in [5.41, 5.74) is 3.62. The van der Waals surface area contributed by atoms with E-state index >= 15 is 0 Å². The van der Waals surface area contributed by atoms with Gasteiger partial charge < -0.3 is 5.32 Å². The summed E-state index contributed by atoms with van der Waals surface area (Å²) in [6.45, 7) is 0.840. The van der Waals surface area contributed by atoms with Gasteiger partial charge in [0.1, 0.15) is 0 Å². The standard InChI is InChI=1S/C16H16ClN/c1-18-12-11-16(13-5-3-2-4-6-13)14-7-9-15(17)10-8-14/h2-11,18H,12H2,1H3. The van der Waals surface area contributed by atoms with Gasteiger partial charge in [-0.05, 0) is 35.9 Å². The van der Waals surface area contributed by atoms with Gasteiger partial charge in [-0.2, -0.15) is 0 Å². The molecular weight excluding hydrogens is 242 g/mol. The van der Waals surface area contributed by atoms with E-state index in [0.717, 1.165) is 11.6 Å². The van der Waals surface area contributed by atoms with Gasteiger partial charge in [0.15, 0.2) is 0 Å². The van der Waals surface area contributed by atoms with Crippen LogP contribution in [0.3, 0.4) is 0 Å². The van der Waals surface area contributed by atoms with Gasteiger partial charge in [0.05, 0.1) is 0 Å². The Morgan fingerprint density at radius 1 is 1.00 bits per heavy atom. The molecule has 0 aliphatic rings. The van der Waals surface area contributed by atoms with Gasteiger partial charge in [-0.1, -0.05) is 60.1 Å². The highest BCUT2D eigenvalue weighted by Crippen LogP contribution is 2.24. The monoisotopic (exact) mass is 257 g/mol. The average molecular weight is 258 g/mol. The Hall–Kier alpha value is -1.57. The van der Waals surface area contributed by atoms with E-state index in [4.69, 9.17) is 11.6 Å². The van der Waals surface area contributed by atoms with Crippen LogP contribution in [0.5, 0.6) is 0 Å². The molecule has 0 aromatic heterocycles. The van der Waals surface area contributed by atoms with Crippen molar-refractivity contribution in [3.63, 3.8) is 0 Å². The number of hydrogen-bond donors (Lipinski definition) is 1. The van der Waals surface area contributed by atoms with Crippen LogP contribution >= 0.6 is 11.6 Å². The largest absolute Gasteiger partial charge is 0.316 e. The highest BCUT2D eigenvalue weighted by Gasteiger charge is 2.03. The van der Waals surface area contributed by atoms with Crippen LogP contribution in [0.25, 0.3) is 5.57 Å². The van der Waals surface area contributed by atoms with E-state index in [1.54, 1.807) is 0 Å². The summed E-state index contributed by atoms with van der Waals surface area (Å²) in [6, 6.07) is 18.3. The smallest absolute Gasteiger partial charge is 0.0406 e. The zero-order valence-electron chi connectivity index (χ0n) is 10.4. The number of likely N-dealkylation sites (N-methyl/N-ethyl adjacent to an activating group) is 1. The highest BCUT2D eigenvalue weighted by atomic mass is 35.5. The summed E-state index contributed by atoms with van der Waals surface area (Å²) in [7, 11) is 1.95. The molecule has 0 bridgehead atoms. The van der Waals surface area contributed by atoms with E-state index in [-0.39, 0.29) is 0 Å². The number of nitrogens with one attached hydrogen (secondary N) is 1. The highest BCUT2D eigenvalue weighted by molar-refractivity contribution is 6.30. The second-order valence-electron chi connectivity index (χ2n) is 4.05. The third-order valence-corrected chi connectivity index (χ3v) is 3.00. The molecule has 0 amide bonds. The Morgan fingerprint density at radius 2 is 1.61 bits per heavy atom. The molecule has 0 heterocycles. The van der Waals surface area contributed by atoms with E-state index in [2.05, 4.69) is 47.8 Å². The van der Waals surface area contributed by atoms with E-state index in [1.807, 2.05) is 25.2 Å². The molecule has 0 atom stereocenters. The molecule has 0 aliphatic heterocycles. The zero-order valence-corrected chi connectivity index (χ0v) is 11.1. The van der Waals surface area contributed by atoms with Gasteiger partial charge in [-0.15, -0.1) is 0 Å². The van der Waals surface area contributed by atoms with E-state index in [0.29, 0.717) is 0 Å². The van der Waals surface area contributed by atoms with E-state index in [1.165, 1.54) is 16.7 Å². The van der Waals surface area contributed by atoms with Gasteiger partial charge in [-0.3, -0.25) is 0 Å². The van der Waals surface area contributed by atoms with E-state index in [9.17, 15) is 0 Å². The predicted molar refractivity (Wildman–Crippen MR) is 78.9 cm³/mol. The first-order valence-corrected chi connectivity index (χ1v) is 6.35. The quantitative estimate of drug-likeness (QED) is 0.873. The lowest BCUT2D eigenvalue weighted by atomic mass is 9.97. The van der Waals surface area contributed by atoms with Crippen LogP contribution in [-0.4, -0.2) is 13.6 Å². The lowest BCUT2D eigenvalue weighted by molar-refractivity contribution is 0.920. The Bertz CT molecular complexity index is 515. The Labute approximate surface area is 113 Å². The molecule has 92 valence electrons. The Morgan fingerprint density at radius 3 is 2.22 bits per heavy atom. The first-order chi connectivity index (χ1) is 8.81. The van der Waals surface area contributed by atoms with Crippen molar-refractivity contribution < 1.29 is 0 Å². The first kappa shape index (κ1) is 12.9. The number of rotatable bonds is 4.